The van der Waals surface area contributed by atoms with Crippen molar-refractivity contribution in [3.05, 3.63) is 0 Å². The van der Waals surface area contributed by atoms with Gasteiger partial charge in [0.05, 0.1) is 0 Å². The van der Waals surface area contributed by atoms with Crippen LogP contribution in [0.4, 0.5) is 0 Å². The lowest BCUT2D eigenvalue weighted by molar-refractivity contribution is 0.498. The smallest absolute Gasteiger partial charge is 0.172 e. The van der Waals surface area contributed by atoms with Crippen molar-refractivity contribution < 1.29 is 16.8 Å². The molecule has 0 aromatic carbocycles. The lowest BCUT2D eigenvalue weighted by atomic mass is 10.1. The van der Waals surface area contributed by atoms with Crippen molar-refractivity contribution in [2.24, 2.45) is 11.5 Å². The van der Waals surface area contributed by atoms with Crippen LogP contribution in [0, 0.1) is 0 Å². The lowest BCUT2D eigenvalue weighted by Crippen LogP contribution is -2.46. The van der Waals surface area contributed by atoms with Gasteiger partial charge in [0.2, 0.25) is 0 Å². The van der Waals surface area contributed by atoms with E-state index in [2.05, 4.69) is 0 Å². The SMILES string of the molecule is CS(=O)(=O)C(CCCN)(CCCN)S(C)(=O)=O. The lowest BCUT2D eigenvalue weighted by Gasteiger charge is -2.30. The molecule has 0 rings (SSSR count). The van der Waals surface area contributed by atoms with Crippen LogP contribution in [0.1, 0.15) is 25.7 Å². The number of rotatable bonds is 8. The summed E-state index contributed by atoms with van der Waals surface area (Å²) >= 11 is 0. The van der Waals surface area contributed by atoms with E-state index in [4.69, 9.17) is 11.5 Å². The highest BCUT2D eigenvalue weighted by atomic mass is 32.3. The molecule has 0 bridgehead atoms. The quantitative estimate of drug-likeness (QED) is 0.605. The Labute approximate surface area is 104 Å². The Balaban J connectivity index is 5.56. The van der Waals surface area contributed by atoms with Gasteiger partial charge in [-0.05, 0) is 38.8 Å². The van der Waals surface area contributed by atoms with Crippen molar-refractivity contribution in [1.29, 1.82) is 0 Å². The first-order valence-corrected chi connectivity index (χ1v) is 9.20. The molecule has 0 aliphatic heterocycles. The maximum atomic E-state index is 11.9. The van der Waals surface area contributed by atoms with Crippen molar-refractivity contribution in [1.82, 2.24) is 0 Å². The van der Waals surface area contributed by atoms with Crippen LogP contribution < -0.4 is 11.5 Å². The average Bonchev–Trinajstić information content (AvgIpc) is 2.14. The average molecular weight is 286 g/mol. The summed E-state index contributed by atoms with van der Waals surface area (Å²) in [6, 6.07) is 0. The van der Waals surface area contributed by atoms with Crippen LogP contribution in [-0.2, 0) is 19.7 Å². The van der Waals surface area contributed by atoms with Crippen molar-refractivity contribution in [3.63, 3.8) is 0 Å². The molecular formula is C9H22N2O4S2. The summed E-state index contributed by atoms with van der Waals surface area (Å²) < 4.78 is 45.7. The number of nitrogens with two attached hydrogens (primary N) is 2. The summed E-state index contributed by atoms with van der Waals surface area (Å²) in [4.78, 5) is 0. The Kier molecular flexibility index (Phi) is 6.06. The van der Waals surface area contributed by atoms with Gasteiger partial charge in [0.15, 0.2) is 23.8 Å². The minimum Gasteiger partial charge on any atom is -0.330 e. The fourth-order valence-corrected chi connectivity index (χ4v) is 6.14. The minimum atomic E-state index is -3.73. The van der Waals surface area contributed by atoms with Crippen molar-refractivity contribution in [2.45, 2.75) is 29.8 Å². The first kappa shape index (κ1) is 16.8. The van der Waals surface area contributed by atoms with Gasteiger partial charge >= 0.3 is 0 Å². The zero-order chi connectivity index (χ0) is 13.7. The molecule has 6 nitrogen and oxygen atoms in total. The Hall–Kier alpha value is -0.180. The van der Waals surface area contributed by atoms with Crippen LogP contribution >= 0.6 is 0 Å². The molecule has 0 aromatic heterocycles. The van der Waals surface area contributed by atoms with Crippen LogP contribution in [0.3, 0.4) is 0 Å². The number of sulfone groups is 2. The van der Waals surface area contributed by atoms with Gasteiger partial charge in [0, 0.05) is 12.5 Å². The maximum Gasteiger partial charge on any atom is 0.172 e. The summed E-state index contributed by atoms with van der Waals surface area (Å²) in [6.07, 6.45) is 2.68. The Morgan fingerprint density at radius 3 is 1.29 bits per heavy atom. The molecule has 0 atom stereocenters. The first-order chi connectivity index (χ1) is 7.62. The Bertz CT molecular complexity index is 386. The summed E-state index contributed by atoms with van der Waals surface area (Å²) in [5.74, 6) is 0. The molecule has 4 N–H and O–H groups in total. The van der Waals surface area contributed by atoms with Crippen LogP contribution in [0.5, 0.6) is 0 Å². The second kappa shape index (κ2) is 6.12. The van der Waals surface area contributed by atoms with E-state index in [1.54, 1.807) is 0 Å². The molecule has 0 saturated carbocycles. The molecule has 0 fully saturated rings. The van der Waals surface area contributed by atoms with E-state index in [0.29, 0.717) is 12.8 Å². The van der Waals surface area contributed by atoms with Gasteiger partial charge in [-0.15, -0.1) is 0 Å². The molecule has 0 aromatic rings. The van der Waals surface area contributed by atoms with E-state index < -0.39 is 23.8 Å². The molecule has 0 unspecified atom stereocenters. The molecule has 0 radical (unpaired) electrons. The van der Waals surface area contributed by atoms with Crippen LogP contribution in [0.2, 0.25) is 0 Å². The molecule has 0 aliphatic rings. The van der Waals surface area contributed by atoms with E-state index in [1.807, 2.05) is 0 Å². The van der Waals surface area contributed by atoms with Crippen molar-refractivity contribution >= 4 is 19.7 Å². The molecule has 0 aliphatic carbocycles. The van der Waals surface area contributed by atoms with E-state index >= 15 is 0 Å². The highest BCUT2D eigenvalue weighted by Gasteiger charge is 2.48. The predicted octanol–water partition coefficient (Wildman–Crippen LogP) is -0.750. The molecular weight excluding hydrogens is 264 g/mol. The van der Waals surface area contributed by atoms with Gasteiger partial charge in [0.25, 0.3) is 0 Å². The molecule has 0 saturated heterocycles. The Morgan fingerprint density at radius 1 is 0.824 bits per heavy atom. The standard InChI is InChI=1S/C9H22N2O4S2/c1-16(12,13)9(5-3-7-10,6-4-8-11)17(2,14)15/h3-8,10-11H2,1-2H3. The number of hydrogen-bond acceptors (Lipinski definition) is 6. The van der Waals surface area contributed by atoms with Gasteiger partial charge in [0.1, 0.15) is 0 Å². The third-order valence-corrected chi connectivity index (χ3v) is 8.21. The Morgan fingerprint density at radius 2 is 1.12 bits per heavy atom. The normalized spacial score (nSPS) is 13.9. The first-order valence-electron chi connectivity index (χ1n) is 5.42. The van der Waals surface area contributed by atoms with Crippen molar-refractivity contribution in [3.8, 4) is 0 Å². The second-order valence-electron chi connectivity index (χ2n) is 4.24. The molecule has 17 heavy (non-hydrogen) atoms. The van der Waals surface area contributed by atoms with Gasteiger partial charge in [-0.1, -0.05) is 0 Å². The fourth-order valence-electron chi connectivity index (χ4n) is 1.88. The topological polar surface area (TPSA) is 120 Å². The van der Waals surface area contributed by atoms with E-state index in [1.165, 1.54) is 0 Å². The zero-order valence-corrected chi connectivity index (χ0v) is 12.0. The van der Waals surface area contributed by atoms with E-state index in [9.17, 15) is 16.8 Å². The van der Waals surface area contributed by atoms with Gasteiger partial charge < -0.3 is 11.5 Å². The highest BCUT2D eigenvalue weighted by Crippen LogP contribution is 2.33. The van der Waals surface area contributed by atoms with E-state index in [0.717, 1.165) is 12.5 Å². The maximum absolute atomic E-state index is 11.9. The van der Waals surface area contributed by atoms with Gasteiger partial charge in [-0.2, -0.15) is 0 Å². The third-order valence-electron chi connectivity index (χ3n) is 2.88. The summed E-state index contributed by atoms with van der Waals surface area (Å²) in [6.45, 7) is 0.519. The summed E-state index contributed by atoms with van der Waals surface area (Å²) in [7, 11) is -7.46. The summed E-state index contributed by atoms with van der Waals surface area (Å²) in [5.41, 5.74) is 10.7. The predicted molar refractivity (Wildman–Crippen MR) is 69.0 cm³/mol. The van der Waals surface area contributed by atoms with Crippen LogP contribution in [0.25, 0.3) is 0 Å². The van der Waals surface area contributed by atoms with Crippen LogP contribution in [-0.4, -0.2) is 46.5 Å². The number of hydrogen-bond donors (Lipinski definition) is 2. The third kappa shape index (κ3) is 3.90. The monoisotopic (exact) mass is 286 g/mol. The van der Waals surface area contributed by atoms with Crippen molar-refractivity contribution in [2.75, 3.05) is 25.6 Å². The van der Waals surface area contributed by atoms with Crippen LogP contribution in [0.15, 0.2) is 0 Å². The molecule has 8 heteroatoms. The van der Waals surface area contributed by atoms with Gasteiger partial charge in [-0.25, -0.2) is 16.8 Å². The molecule has 0 spiro atoms. The zero-order valence-electron chi connectivity index (χ0n) is 10.3. The summed E-state index contributed by atoms with van der Waals surface area (Å²) in [5, 5.41) is 0. The minimum absolute atomic E-state index is 0.0289. The molecule has 0 amide bonds. The molecule has 0 heterocycles. The van der Waals surface area contributed by atoms with E-state index in [-0.39, 0.29) is 25.9 Å². The van der Waals surface area contributed by atoms with Gasteiger partial charge in [-0.3, -0.25) is 0 Å². The highest BCUT2D eigenvalue weighted by molar-refractivity contribution is 8.09. The fraction of sp³-hybridized carbons (Fsp3) is 1.00. The molecule has 104 valence electrons. The largest absolute Gasteiger partial charge is 0.330 e. The second-order valence-corrected chi connectivity index (χ2v) is 9.15.